The number of hydrogen-bond donors (Lipinski definition) is 7. The number of benzene rings is 3. The molecule has 0 aliphatic carbocycles. The molecule has 3 amide bonds. The van der Waals surface area contributed by atoms with Gasteiger partial charge in [0.1, 0.15) is 34.3 Å². The third-order valence-corrected chi connectivity index (χ3v) is 18.3. The first-order chi connectivity index (χ1) is 52.8. The van der Waals surface area contributed by atoms with Gasteiger partial charge < -0.3 is 92.2 Å². The normalized spacial score (nSPS) is 19.1. The Morgan fingerprint density at radius 1 is 0.450 bits per heavy atom. The number of nitrogens with zero attached hydrogens (tertiary/aromatic N) is 11. The Kier molecular flexibility index (Phi) is 31.6. The van der Waals surface area contributed by atoms with Gasteiger partial charge in [-0.15, -0.1) is 0 Å². The number of nitrogen functional groups attached to an aromatic ring is 3. The first-order valence-electron chi connectivity index (χ1n) is 37.0. The van der Waals surface area contributed by atoms with E-state index >= 15 is 0 Å². The van der Waals surface area contributed by atoms with Crippen molar-refractivity contribution in [1.82, 2.24) is 50.2 Å². The Balaban J connectivity index is 0.000000161. The number of ether oxygens (including phenoxy) is 9. The van der Waals surface area contributed by atoms with E-state index < -0.39 is 17.7 Å². The van der Waals surface area contributed by atoms with Crippen LogP contribution in [0.3, 0.4) is 0 Å². The summed E-state index contributed by atoms with van der Waals surface area (Å²) in [4.78, 5) is 78.5. The number of hydrogen-bond acceptors (Lipinski definition) is 27. The van der Waals surface area contributed by atoms with E-state index in [0.29, 0.717) is 156 Å². The summed E-state index contributed by atoms with van der Waals surface area (Å²) in [5.74, 6) is 0.635. The van der Waals surface area contributed by atoms with Crippen molar-refractivity contribution in [2.75, 3.05) is 165 Å². The number of nitrogens with two attached hydrogens (primary N) is 6. The molecule has 0 radical (unpaired) electrons. The summed E-state index contributed by atoms with van der Waals surface area (Å²) in [7, 11) is 0. The van der Waals surface area contributed by atoms with Gasteiger partial charge in [0.15, 0.2) is 16.9 Å². The third-order valence-electron chi connectivity index (χ3n) is 18.1. The summed E-state index contributed by atoms with van der Waals surface area (Å²) in [6.45, 7) is 28.4. The molecular weight excluding hydrogens is 1420 g/mol. The van der Waals surface area contributed by atoms with Crippen LogP contribution in [0.5, 0.6) is 0 Å². The number of carbonyl (C=O) groups is 3. The fourth-order valence-electron chi connectivity index (χ4n) is 12.4. The largest absolute Gasteiger partial charge is 0.383 e. The molecule has 15 rings (SSSR count). The molecule has 6 aromatic heterocycles. The number of anilines is 5. The van der Waals surface area contributed by atoms with E-state index in [9.17, 15) is 14.4 Å². The molecule has 0 bridgehead atoms. The van der Waals surface area contributed by atoms with Gasteiger partial charge >= 0.3 is 0 Å². The van der Waals surface area contributed by atoms with Crippen LogP contribution in [0.25, 0.3) is 66.9 Å². The molecule has 12 heterocycles. The number of amides is 3. The van der Waals surface area contributed by atoms with Crippen LogP contribution in [-0.4, -0.2) is 218 Å². The lowest BCUT2D eigenvalue weighted by Crippen LogP contribution is -2.53. The molecular formula is C78H103ClN18O12. The van der Waals surface area contributed by atoms with Crippen molar-refractivity contribution < 1.29 is 57.0 Å². The summed E-state index contributed by atoms with van der Waals surface area (Å²) >= 11 is 5.79. The van der Waals surface area contributed by atoms with Gasteiger partial charge in [0.2, 0.25) is 34.9 Å². The lowest BCUT2D eigenvalue weighted by Gasteiger charge is -2.39. The highest BCUT2D eigenvalue weighted by atomic mass is 35.5. The van der Waals surface area contributed by atoms with Crippen molar-refractivity contribution in [3.63, 3.8) is 0 Å². The summed E-state index contributed by atoms with van der Waals surface area (Å²) in [5, 5.41) is 5.33. The van der Waals surface area contributed by atoms with Crippen molar-refractivity contribution in [2.24, 2.45) is 17.2 Å². The summed E-state index contributed by atoms with van der Waals surface area (Å²) in [6, 6.07) is 31.9. The minimum Gasteiger partial charge on any atom is -0.383 e. The zero-order valence-electron chi connectivity index (χ0n) is 63.1. The van der Waals surface area contributed by atoms with Gasteiger partial charge in [0, 0.05) is 138 Å². The van der Waals surface area contributed by atoms with E-state index in [1.807, 2.05) is 63.2 Å². The molecule has 3 atom stereocenters. The Labute approximate surface area is 640 Å². The fourth-order valence-corrected chi connectivity index (χ4v) is 12.6. The van der Waals surface area contributed by atoms with E-state index in [2.05, 4.69) is 70.8 Å². The van der Waals surface area contributed by atoms with Crippen LogP contribution < -0.4 is 49.5 Å². The monoisotopic (exact) mass is 1520 g/mol. The Hall–Kier alpha value is -9.57. The predicted molar refractivity (Wildman–Crippen MR) is 422 cm³/mol. The van der Waals surface area contributed by atoms with Gasteiger partial charge in [-0.3, -0.25) is 14.4 Å². The quantitative estimate of drug-likeness (QED) is 0.0330. The summed E-state index contributed by atoms with van der Waals surface area (Å²) in [6.07, 6.45) is 6.16. The third kappa shape index (κ3) is 23.5. The second-order valence-electron chi connectivity index (χ2n) is 26.3. The van der Waals surface area contributed by atoms with Gasteiger partial charge in [0.05, 0.1) is 86.0 Å². The molecule has 0 saturated carbocycles. The average Bonchev–Trinajstić information content (AvgIpc) is 1.55. The topological polar surface area (TPSA) is 425 Å². The van der Waals surface area contributed by atoms with Crippen molar-refractivity contribution in [3.05, 3.63) is 131 Å². The highest BCUT2D eigenvalue weighted by Crippen LogP contribution is 2.34. The Morgan fingerprint density at radius 3 is 1.13 bits per heavy atom. The Morgan fingerprint density at radius 2 is 0.807 bits per heavy atom. The molecule has 6 saturated heterocycles. The number of nitrogens with one attached hydrogen (secondary N) is 1. The minimum absolute atomic E-state index is 0.0375. The fraction of sp³-hybridized carbons (Fsp3) is 0.462. The number of halogens is 1. The standard InChI is InChI=1S/2C21H22N6O3.C14H10ClN5O.C7H13NO2.3C5H12O/c2*22-17-15-4-5-16(13-2-1-3-14(10-13)18(23)28)24-19(15)26-20(25-17)27-7-9-30-21(11-27)6-8-29-12-21;15-14-19-11(16)9-4-5-10(18-13(9)20-14)7-2-1-3-8(6-7)12(17)21;1-3-9-6-7(1)5-8-2-4-10-7;3*1-3-5-6-4-2/h2*1-5,10H,6-9,11-12H2,(H2,23,28)(H2,22,24,25,26);1-6H,(H2,17,21)(H2,16,18,19,20);8H,1-6H2;3*3-5H2,1-2H3/t2*21-;;;;;/m10...../s1. The zero-order chi connectivity index (χ0) is 77.8. The van der Waals surface area contributed by atoms with Crippen molar-refractivity contribution >= 4 is 91.8 Å². The van der Waals surface area contributed by atoms with Crippen LogP contribution in [0.15, 0.2) is 109 Å². The average molecular weight is 1520 g/mol. The van der Waals surface area contributed by atoms with Crippen LogP contribution in [0.4, 0.5) is 29.4 Å². The molecule has 6 aliphatic heterocycles. The summed E-state index contributed by atoms with van der Waals surface area (Å²) < 4.78 is 48.9. The lowest BCUT2D eigenvalue weighted by molar-refractivity contribution is -0.0674. The van der Waals surface area contributed by atoms with E-state index in [4.69, 9.17) is 98.6 Å². The van der Waals surface area contributed by atoms with E-state index in [1.165, 1.54) is 0 Å². The van der Waals surface area contributed by atoms with Crippen LogP contribution in [0.1, 0.15) is 111 Å². The van der Waals surface area contributed by atoms with E-state index in [-0.39, 0.29) is 27.9 Å². The molecule has 9 aromatic rings. The Bertz CT molecular complexity index is 4230. The summed E-state index contributed by atoms with van der Waals surface area (Å²) in [5.41, 5.74) is 40.7. The molecule has 1 unspecified atom stereocenters. The second-order valence-corrected chi connectivity index (χ2v) is 26.7. The smallest absolute Gasteiger partial charge is 0.248 e. The molecule has 31 heteroatoms. The SMILES string of the molecule is C1COC2(CCOC2)CN1.CCCOCC.CCCOCC.CCCOCC.NC(=O)c1cccc(-c2ccc3c(N)nc(Cl)nc3n2)c1.NC(=O)c1cccc(-c2ccc3c(N)nc(N4CCO[C@@]5(CCOC5)C4)nc3n2)c1.NC(=O)c1cccc(-c2ccc3c(N)nc(N4CCO[C@]5(CCOC5)C4)nc3n2)c1. The van der Waals surface area contributed by atoms with Gasteiger partial charge in [-0.25, -0.2) is 19.9 Å². The van der Waals surface area contributed by atoms with Crippen LogP contribution in [0, 0.1) is 0 Å². The number of rotatable bonds is 17. The maximum absolute atomic E-state index is 11.5. The maximum atomic E-state index is 11.5. The van der Waals surface area contributed by atoms with Crippen LogP contribution >= 0.6 is 11.6 Å². The molecule has 30 nitrogen and oxygen atoms in total. The molecule has 6 fully saturated rings. The highest BCUT2D eigenvalue weighted by Gasteiger charge is 2.43. The van der Waals surface area contributed by atoms with Crippen molar-refractivity contribution in [1.29, 1.82) is 0 Å². The van der Waals surface area contributed by atoms with Gasteiger partial charge in [-0.2, -0.15) is 24.9 Å². The van der Waals surface area contributed by atoms with Crippen molar-refractivity contribution in [3.8, 4) is 33.8 Å². The lowest BCUT2D eigenvalue weighted by atomic mass is 10.0. The molecule has 13 N–H and O–H groups in total. The zero-order valence-corrected chi connectivity index (χ0v) is 63.9. The van der Waals surface area contributed by atoms with E-state index in [1.54, 1.807) is 66.7 Å². The number of aromatic nitrogens is 9. The first kappa shape index (κ1) is 83.5. The predicted octanol–water partition coefficient (Wildman–Crippen LogP) is 8.83. The molecule has 584 valence electrons. The van der Waals surface area contributed by atoms with Gasteiger partial charge in [-0.1, -0.05) is 57.2 Å². The number of primary amides is 3. The molecule has 3 spiro atoms. The number of morpholine rings is 3. The number of pyridine rings is 3. The molecule has 109 heavy (non-hydrogen) atoms. The van der Waals surface area contributed by atoms with Gasteiger partial charge in [-0.05, 0) is 124 Å². The van der Waals surface area contributed by atoms with Crippen LogP contribution in [0.2, 0.25) is 5.28 Å². The van der Waals surface area contributed by atoms with Gasteiger partial charge in [0.25, 0.3) is 0 Å². The van der Waals surface area contributed by atoms with Crippen LogP contribution in [-0.2, 0) is 42.6 Å². The maximum Gasteiger partial charge on any atom is 0.248 e. The first-order valence-corrected chi connectivity index (χ1v) is 37.4. The number of fused-ring (bicyclic) bond motifs is 3. The number of carbonyl (C=O) groups excluding carboxylic acids is 3. The second kappa shape index (κ2) is 41.3. The van der Waals surface area contributed by atoms with E-state index in [0.717, 1.165) is 128 Å². The molecule has 3 aromatic carbocycles. The van der Waals surface area contributed by atoms with Crippen molar-refractivity contribution in [2.45, 2.75) is 96.9 Å². The minimum atomic E-state index is -0.493. The highest BCUT2D eigenvalue weighted by molar-refractivity contribution is 6.28. The molecule has 6 aliphatic rings.